The molecule has 0 aliphatic heterocycles. The maximum absolute atomic E-state index is 13.7. The smallest absolute Gasteiger partial charge is 0.367 e. The maximum atomic E-state index is 13.7. The van der Waals surface area contributed by atoms with Gasteiger partial charge in [-0.2, -0.15) is 13.2 Å². The molecule has 1 aromatic carbocycles. The van der Waals surface area contributed by atoms with Crippen molar-refractivity contribution in [3.63, 3.8) is 0 Å². The number of primary amides is 1. The Hall–Kier alpha value is -2.42. The van der Waals surface area contributed by atoms with Crippen LogP contribution in [0.5, 0.6) is 0 Å². The summed E-state index contributed by atoms with van der Waals surface area (Å²) in [6.45, 7) is 0.394. The fourth-order valence-electron chi connectivity index (χ4n) is 3.75. The van der Waals surface area contributed by atoms with Gasteiger partial charge in [-0.1, -0.05) is 11.6 Å². The third-order valence-corrected chi connectivity index (χ3v) is 5.77. The van der Waals surface area contributed by atoms with Crippen molar-refractivity contribution < 1.29 is 26.7 Å². The molecule has 10 heteroatoms. The number of aromatic nitrogens is 1. The monoisotopic (exact) mass is 447 g/mol. The average molecular weight is 448 g/mol. The summed E-state index contributed by atoms with van der Waals surface area (Å²) in [5.74, 6) is -2.75. The lowest BCUT2D eigenvalue weighted by atomic mass is 9.78. The molecule has 0 spiro atoms. The van der Waals surface area contributed by atoms with E-state index in [1.807, 2.05) is 0 Å². The molecule has 1 aliphatic rings. The highest BCUT2D eigenvalue weighted by atomic mass is 35.5. The van der Waals surface area contributed by atoms with E-state index in [4.69, 9.17) is 17.3 Å². The summed E-state index contributed by atoms with van der Waals surface area (Å²) in [4.78, 5) is 15.2. The molecule has 1 saturated carbocycles. The lowest BCUT2D eigenvalue weighted by molar-refractivity contribution is -0.137. The number of carbonyl (C=O) groups excluding carboxylic acids is 1. The number of pyridine rings is 1. The zero-order chi connectivity index (χ0) is 22.1. The van der Waals surface area contributed by atoms with Crippen molar-refractivity contribution >= 4 is 23.3 Å². The first kappa shape index (κ1) is 22.3. The zero-order valence-corrected chi connectivity index (χ0v) is 16.5. The van der Waals surface area contributed by atoms with Gasteiger partial charge in [0.05, 0.1) is 22.3 Å². The van der Waals surface area contributed by atoms with E-state index in [2.05, 4.69) is 10.3 Å². The number of nitrogens with two attached hydrogens (primary N) is 1. The molecule has 162 valence electrons. The van der Waals surface area contributed by atoms with Crippen LogP contribution in [-0.4, -0.2) is 17.4 Å². The summed E-state index contributed by atoms with van der Waals surface area (Å²) in [6.07, 6.45) is -1.32. The molecule has 1 amide bonds. The Bertz CT molecular complexity index is 943. The molecule has 3 N–H and O–H groups in total. The van der Waals surface area contributed by atoms with Crippen molar-refractivity contribution in [3.05, 3.63) is 57.7 Å². The van der Waals surface area contributed by atoms with E-state index < -0.39 is 29.3 Å². The Morgan fingerprint density at radius 1 is 1.17 bits per heavy atom. The molecule has 0 saturated heterocycles. The highest BCUT2D eigenvalue weighted by molar-refractivity contribution is 6.34. The quantitative estimate of drug-likeness (QED) is 0.593. The second-order valence-electron chi connectivity index (χ2n) is 7.37. The first-order valence-corrected chi connectivity index (χ1v) is 9.69. The van der Waals surface area contributed by atoms with Crippen molar-refractivity contribution in [2.24, 2.45) is 11.7 Å². The molecule has 3 rings (SSSR count). The van der Waals surface area contributed by atoms with Gasteiger partial charge < -0.3 is 11.1 Å². The minimum atomic E-state index is -4.63. The SMILES string of the molecule is NC(=O)c1cc(C(F)(F)F)cc(C2CCC(CNc3ncc(F)cc3F)CC2)c1Cl. The van der Waals surface area contributed by atoms with Crippen molar-refractivity contribution in [1.82, 2.24) is 4.98 Å². The Morgan fingerprint density at radius 2 is 1.83 bits per heavy atom. The van der Waals surface area contributed by atoms with E-state index in [1.54, 1.807) is 0 Å². The topological polar surface area (TPSA) is 68.0 Å². The largest absolute Gasteiger partial charge is 0.416 e. The molecular formula is C20H19ClF5N3O. The molecule has 0 atom stereocenters. The molecule has 0 radical (unpaired) electrons. The van der Waals surface area contributed by atoms with Gasteiger partial charge >= 0.3 is 6.18 Å². The third-order valence-electron chi connectivity index (χ3n) is 5.35. The molecule has 2 aromatic rings. The number of hydrogen-bond donors (Lipinski definition) is 2. The number of nitrogens with one attached hydrogen (secondary N) is 1. The fourth-order valence-corrected chi connectivity index (χ4v) is 4.11. The van der Waals surface area contributed by atoms with Crippen molar-refractivity contribution in [2.75, 3.05) is 11.9 Å². The Labute approximate surface area is 174 Å². The second kappa shape index (κ2) is 8.75. The highest BCUT2D eigenvalue weighted by Crippen LogP contribution is 2.42. The van der Waals surface area contributed by atoms with Gasteiger partial charge in [0.2, 0.25) is 5.91 Å². The van der Waals surface area contributed by atoms with Crippen LogP contribution >= 0.6 is 11.6 Å². The molecule has 1 aromatic heterocycles. The van der Waals surface area contributed by atoms with E-state index >= 15 is 0 Å². The van der Waals surface area contributed by atoms with Crippen LogP contribution in [0.25, 0.3) is 0 Å². The molecule has 1 aliphatic carbocycles. The summed E-state index contributed by atoms with van der Waals surface area (Å²) >= 11 is 6.21. The number of benzene rings is 1. The molecule has 0 unspecified atom stereocenters. The van der Waals surface area contributed by atoms with Gasteiger partial charge in [-0.15, -0.1) is 0 Å². The van der Waals surface area contributed by atoms with E-state index in [-0.39, 0.29) is 33.8 Å². The van der Waals surface area contributed by atoms with Crippen LogP contribution in [0.1, 0.15) is 53.1 Å². The second-order valence-corrected chi connectivity index (χ2v) is 7.75. The number of rotatable bonds is 5. The summed E-state index contributed by atoms with van der Waals surface area (Å²) in [7, 11) is 0. The van der Waals surface area contributed by atoms with Crippen LogP contribution in [0, 0.1) is 17.6 Å². The van der Waals surface area contributed by atoms with Gasteiger partial charge in [-0.05, 0) is 55.2 Å². The van der Waals surface area contributed by atoms with Gasteiger partial charge in [0.1, 0.15) is 5.82 Å². The molecular weight excluding hydrogens is 429 g/mol. The molecule has 1 heterocycles. The van der Waals surface area contributed by atoms with Crippen LogP contribution in [-0.2, 0) is 6.18 Å². The minimum absolute atomic E-state index is 0.0466. The van der Waals surface area contributed by atoms with E-state index in [0.717, 1.165) is 18.3 Å². The van der Waals surface area contributed by atoms with Gasteiger partial charge in [-0.25, -0.2) is 13.8 Å². The number of anilines is 1. The first-order valence-electron chi connectivity index (χ1n) is 9.31. The van der Waals surface area contributed by atoms with Crippen LogP contribution in [0.4, 0.5) is 27.8 Å². The average Bonchev–Trinajstić information content (AvgIpc) is 2.67. The van der Waals surface area contributed by atoms with E-state index in [1.165, 1.54) is 0 Å². The summed E-state index contributed by atoms with van der Waals surface area (Å²) in [6, 6.07) is 2.39. The number of amides is 1. The van der Waals surface area contributed by atoms with Crippen molar-refractivity contribution in [3.8, 4) is 0 Å². The normalized spacial score (nSPS) is 19.5. The lowest BCUT2D eigenvalue weighted by Gasteiger charge is -2.30. The molecule has 30 heavy (non-hydrogen) atoms. The Morgan fingerprint density at radius 3 is 2.40 bits per heavy atom. The predicted molar refractivity (Wildman–Crippen MR) is 102 cm³/mol. The summed E-state index contributed by atoms with van der Waals surface area (Å²) < 4.78 is 66.3. The standard InChI is InChI=1S/C20H19ClF5N3O/c21-17-14(5-12(20(24,25)26)6-15(17)18(27)30)11-3-1-10(2-4-11)8-28-19-16(23)7-13(22)9-29-19/h5-7,9-11H,1-4,8H2,(H2,27,30)(H,28,29). The van der Waals surface area contributed by atoms with Gasteiger partial charge in [0, 0.05) is 12.6 Å². The van der Waals surface area contributed by atoms with Crippen molar-refractivity contribution in [2.45, 2.75) is 37.8 Å². The third kappa shape index (κ3) is 5.00. The first-order chi connectivity index (χ1) is 14.1. The van der Waals surface area contributed by atoms with E-state index in [9.17, 15) is 26.7 Å². The number of carbonyl (C=O) groups is 1. The van der Waals surface area contributed by atoms with Crippen molar-refractivity contribution in [1.29, 1.82) is 0 Å². The maximum Gasteiger partial charge on any atom is 0.416 e. The summed E-state index contributed by atoms with van der Waals surface area (Å²) in [5, 5.41) is 2.79. The van der Waals surface area contributed by atoms with E-state index in [0.29, 0.717) is 38.3 Å². The Kier molecular flexibility index (Phi) is 6.50. The van der Waals surface area contributed by atoms with Gasteiger partial charge in [0.25, 0.3) is 0 Å². The van der Waals surface area contributed by atoms with Gasteiger partial charge in [-0.3, -0.25) is 4.79 Å². The van der Waals surface area contributed by atoms with Crippen LogP contribution in [0.3, 0.4) is 0 Å². The summed E-state index contributed by atoms with van der Waals surface area (Å²) in [5.41, 5.74) is 4.16. The number of alkyl halides is 3. The number of halogens is 6. The van der Waals surface area contributed by atoms with Crippen LogP contribution < -0.4 is 11.1 Å². The predicted octanol–water partition coefficient (Wildman–Crippen LogP) is 5.52. The molecule has 4 nitrogen and oxygen atoms in total. The zero-order valence-electron chi connectivity index (χ0n) is 15.7. The lowest BCUT2D eigenvalue weighted by Crippen LogP contribution is -2.22. The van der Waals surface area contributed by atoms with Crippen LogP contribution in [0.2, 0.25) is 5.02 Å². The number of nitrogens with zero attached hydrogens (tertiary/aromatic N) is 1. The highest BCUT2D eigenvalue weighted by Gasteiger charge is 2.34. The van der Waals surface area contributed by atoms with Gasteiger partial charge in [0.15, 0.2) is 11.6 Å². The van der Waals surface area contributed by atoms with Crippen LogP contribution in [0.15, 0.2) is 24.4 Å². The fraction of sp³-hybridized carbons (Fsp3) is 0.400. The molecule has 1 fully saturated rings. The molecule has 0 bridgehead atoms. The Balaban J connectivity index is 1.70. The minimum Gasteiger partial charge on any atom is -0.367 e. The number of hydrogen-bond acceptors (Lipinski definition) is 3.